The van der Waals surface area contributed by atoms with Crippen molar-refractivity contribution in [1.82, 2.24) is 0 Å². The molecule has 0 aliphatic carbocycles. The third kappa shape index (κ3) is 9.70. The number of ether oxygens (including phenoxy) is 8. The molecule has 0 radical (unpaired) electrons. The van der Waals surface area contributed by atoms with Crippen LogP contribution in [-0.2, 0) is 40.6 Å². The summed E-state index contributed by atoms with van der Waals surface area (Å²) >= 11 is 0. The van der Waals surface area contributed by atoms with Crippen molar-refractivity contribution in [3.63, 3.8) is 0 Å². The average Bonchev–Trinajstić information content (AvgIpc) is 3.19. The highest BCUT2D eigenvalue weighted by Crippen LogP contribution is 2.48. The highest BCUT2D eigenvalue weighted by Gasteiger charge is 2.42. The Kier molecular flexibility index (Phi) is 13.2. The molecule has 2 saturated heterocycles. The van der Waals surface area contributed by atoms with Crippen molar-refractivity contribution in [1.29, 1.82) is 0 Å². The summed E-state index contributed by atoms with van der Waals surface area (Å²) in [5.74, 6) is 0.832. The fourth-order valence-electron chi connectivity index (χ4n) is 6.98. The Morgan fingerprint density at radius 2 is 1.18 bits per heavy atom. The summed E-state index contributed by atoms with van der Waals surface area (Å²) in [5, 5.41) is 13.9. The van der Waals surface area contributed by atoms with Gasteiger partial charge in [0.1, 0.15) is 17.1 Å². The topological polar surface area (TPSA) is 97.3 Å². The molecular weight excluding hydrogens is 698 g/mol. The number of hydrogen-bond acceptors (Lipinski definition) is 10. The molecule has 6 rings (SSSR count). The number of benzene rings is 4. The smallest absolute Gasteiger partial charge is 0.188 e. The van der Waals surface area contributed by atoms with Crippen LogP contribution in [0.2, 0.25) is 0 Å². The third-order valence-electron chi connectivity index (χ3n) is 9.84. The van der Waals surface area contributed by atoms with Crippen LogP contribution in [-0.4, -0.2) is 65.9 Å². The largest absolute Gasteiger partial charge is 0.467 e. The number of methoxy groups -OCH3 is 2. The van der Waals surface area contributed by atoms with Crippen LogP contribution in [0.3, 0.4) is 0 Å². The lowest BCUT2D eigenvalue weighted by molar-refractivity contribution is -0.226. The van der Waals surface area contributed by atoms with Crippen molar-refractivity contribution in [2.75, 3.05) is 65.7 Å². The standard InChI is InChI=1S/C45H57NO9/c1-8-21-46(25-32-13-10-9-11-14-32)36-16-12-15-35(24-36)45(47,37-22-33(17-19-39(37)54-30-48-6)41-50-26-43(2,3)27-51-41)38-23-34(18-20-40(38)55-31-49-7)42-52-28-44(4,5)29-53-42/h9-20,22-24,41-42,47H,8,21,25-31H2,1-7H3. The second kappa shape index (κ2) is 17.9. The molecule has 0 bridgehead atoms. The molecule has 0 spiro atoms. The van der Waals surface area contributed by atoms with Crippen molar-refractivity contribution in [2.45, 2.75) is 65.8 Å². The SMILES string of the molecule is CCCN(Cc1ccccc1)c1cccc(C(O)(c2cc(C3OCC(C)(C)CO3)ccc2OCOC)c2cc(C3OCC(C)(C)CO3)ccc2OCOC)c1. The highest BCUT2D eigenvalue weighted by molar-refractivity contribution is 5.61. The zero-order valence-electron chi connectivity index (χ0n) is 33.3. The van der Waals surface area contributed by atoms with Gasteiger partial charge < -0.3 is 47.9 Å². The van der Waals surface area contributed by atoms with E-state index in [0.29, 0.717) is 61.2 Å². The van der Waals surface area contributed by atoms with Gasteiger partial charge in [0.25, 0.3) is 0 Å². The van der Waals surface area contributed by atoms with E-state index in [1.807, 2.05) is 60.7 Å². The van der Waals surface area contributed by atoms with Crippen LogP contribution in [0, 0.1) is 10.8 Å². The summed E-state index contributed by atoms with van der Waals surface area (Å²) in [6.07, 6.45) is -0.355. The Labute approximate surface area is 326 Å². The molecular formula is C45H57NO9. The summed E-state index contributed by atoms with van der Waals surface area (Å²) in [6, 6.07) is 29.7. The van der Waals surface area contributed by atoms with E-state index in [1.165, 1.54) is 5.56 Å². The van der Waals surface area contributed by atoms with Gasteiger partial charge in [0.2, 0.25) is 0 Å². The Hall–Kier alpha value is -4.00. The first-order valence-electron chi connectivity index (χ1n) is 19.1. The van der Waals surface area contributed by atoms with E-state index in [-0.39, 0.29) is 24.4 Å². The number of anilines is 1. The quantitative estimate of drug-likeness (QED) is 0.0886. The van der Waals surface area contributed by atoms with Crippen LogP contribution in [0.5, 0.6) is 11.5 Å². The predicted octanol–water partition coefficient (Wildman–Crippen LogP) is 8.50. The van der Waals surface area contributed by atoms with Gasteiger partial charge in [0.05, 0.1) is 26.4 Å². The summed E-state index contributed by atoms with van der Waals surface area (Å²) < 4.78 is 48.3. The number of nitrogens with zero attached hydrogens (tertiary/aromatic N) is 1. The van der Waals surface area contributed by atoms with Crippen LogP contribution < -0.4 is 14.4 Å². The van der Waals surface area contributed by atoms with Gasteiger partial charge in [-0.05, 0) is 53.9 Å². The Balaban J connectivity index is 1.57. The molecule has 55 heavy (non-hydrogen) atoms. The number of hydrogen-bond donors (Lipinski definition) is 1. The van der Waals surface area contributed by atoms with Crippen molar-refractivity contribution >= 4 is 5.69 Å². The summed E-state index contributed by atoms with van der Waals surface area (Å²) in [4.78, 5) is 2.33. The van der Waals surface area contributed by atoms with E-state index in [9.17, 15) is 5.11 Å². The van der Waals surface area contributed by atoms with Gasteiger partial charge in [-0.1, -0.05) is 89.2 Å². The van der Waals surface area contributed by atoms with E-state index in [1.54, 1.807) is 14.2 Å². The Morgan fingerprint density at radius 3 is 1.65 bits per heavy atom. The molecule has 0 unspecified atom stereocenters. The van der Waals surface area contributed by atoms with Crippen LogP contribution in [0.1, 0.15) is 87.0 Å². The second-order valence-corrected chi connectivity index (χ2v) is 16.0. The van der Waals surface area contributed by atoms with Gasteiger partial charge in [-0.25, -0.2) is 0 Å². The molecule has 2 aliphatic heterocycles. The lowest BCUT2D eigenvalue weighted by Crippen LogP contribution is -2.35. The minimum Gasteiger partial charge on any atom is -0.467 e. The minimum atomic E-state index is -1.87. The molecule has 10 heteroatoms. The molecule has 0 aromatic heterocycles. The van der Waals surface area contributed by atoms with Gasteiger partial charge in [0.15, 0.2) is 26.2 Å². The first-order valence-corrected chi connectivity index (χ1v) is 19.1. The molecule has 2 aliphatic rings. The normalized spacial score (nSPS) is 17.5. The Bertz CT molecular complexity index is 1740. The van der Waals surface area contributed by atoms with Gasteiger partial charge in [-0.2, -0.15) is 0 Å². The van der Waals surface area contributed by atoms with Gasteiger partial charge in [0, 0.05) is 66.1 Å². The van der Waals surface area contributed by atoms with Crippen LogP contribution >= 0.6 is 0 Å². The molecule has 1 N–H and O–H groups in total. The molecule has 2 heterocycles. The zero-order valence-corrected chi connectivity index (χ0v) is 33.3. The monoisotopic (exact) mass is 755 g/mol. The van der Waals surface area contributed by atoms with E-state index < -0.39 is 18.2 Å². The summed E-state index contributed by atoms with van der Waals surface area (Å²) in [5.41, 5.74) is 2.98. The second-order valence-electron chi connectivity index (χ2n) is 16.0. The molecule has 296 valence electrons. The summed E-state index contributed by atoms with van der Waals surface area (Å²) in [6.45, 7) is 14.1. The first-order chi connectivity index (χ1) is 26.5. The molecule has 4 aromatic rings. The highest BCUT2D eigenvalue weighted by atomic mass is 16.7. The maximum absolute atomic E-state index is 13.9. The zero-order chi connectivity index (χ0) is 39.1. The van der Waals surface area contributed by atoms with E-state index in [4.69, 9.17) is 37.9 Å². The number of rotatable bonds is 16. The fraction of sp³-hybridized carbons (Fsp3) is 0.467. The van der Waals surface area contributed by atoms with Crippen LogP contribution in [0.25, 0.3) is 0 Å². The maximum Gasteiger partial charge on any atom is 0.188 e. The van der Waals surface area contributed by atoms with Gasteiger partial charge >= 0.3 is 0 Å². The first kappa shape index (κ1) is 40.7. The van der Waals surface area contributed by atoms with Crippen molar-refractivity contribution in [3.8, 4) is 11.5 Å². The van der Waals surface area contributed by atoms with Crippen molar-refractivity contribution in [2.24, 2.45) is 10.8 Å². The lowest BCUT2D eigenvalue weighted by atomic mass is 9.78. The molecule has 0 atom stereocenters. The predicted molar refractivity (Wildman–Crippen MR) is 211 cm³/mol. The van der Waals surface area contributed by atoms with Gasteiger partial charge in [-0.3, -0.25) is 0 Å². The van der Waals surface area contributed by atoms with Crippen LogP contribution in [0.15, 0.2) is 91.0 Å². The maximum atomic E-state index is 13.9. The molecule has 4 aromatic carbocycles. The van der Waals surface area contributed by atoms with E-state index in [2.05, 4.69) is 69.9 Å². The Morgan fingerprint density at radius 1 is 0.673 bits per heavy atom. The fourth-order valence-corrected chi connectivity index (χ4v) is 6.98. The molecule has 0 saturated carbocycles. The number of aliphatic hydroxyl groups is 1. The van der Waals surface area contributed by atoms with Crippen molar-refractivity contribution < 1.29 is 43.0 Å². The van der Waals surface area contributed by atoms with Crippen LogP contribution in [0.4, 0.5) is 5.69 Å². The molecule has 0 amide bonds. The summed E-state index contributed by atoms with van der Waals surface area (Å²) in [7, 11) is 3.13. The van der Waals surface area contributed by atoms with Gasteiger partial charge in [-0.15, -0.1) is 0 Å². The molecule has 10 nitrogen and oxygen atoms in total. The van der Waals surface area contributed by atoms with E-state index >= 15 is 0 Å². The van der Waals surface area contributed by atoms with E-state index in [0.717, 1.165) is 29.8 Å². The third-order valence-corrected chi connectivity index (χ3v) is 9.84. The average molecular weight is 756 g/mol. The lowest BCUT2D eigenvalue weighted by Gasteiger charge is -2.37. The minimum absolute atomic E-state index is 0.0406. The molecule has 2 fully saturated rings. The van der Waals surface area contributed by atoms with Crippen molar-refractivity contribution in [3.05, 3.63) is 124 Å².